The first-order chi connectivity index (χ1) is 18.8. The van der Waals surface area contributed by atoms with Crippen molar-refractivity contribution in [2.75, 3.05) is 27.6 Å². The fourth-order valence-corrected chi connectivity index (χ4v) is 4.22. The van der Waals surface area contributed by atoms with Crippen molar-refractivity contribution in [1.82, 2.24) is 9.55 Å². The SMILES string of the molecule is CCCCc1ncc(/C=C(\Cc2cc3c(cc2OC)OCO3)C(=O)O)n1-c1ccc(OC)cc1OCC(=O)O. The van der Waals surface area contributed by atoms with E-state index in [0.29, 0.717) is 52.2 Å². The molecule has 2 aromatic carbocycles. The Morgan fingerprint density at radius 2 is 1.85 bits per heavy atom. The van der Waals surface area contributed by atoms with Gasteiger partial charge in [0.2, 0.25) is 6.79 Å². The Morgan fingerprint density at radius 1 is 1.08 bits per heavy atom. The van der Waals surface area contributed by atoms with E-state index in [-0.39, 0.29) is 24.5 Å². The third kappa shape index (κ3) is 6.25. The van der Waals surface area contributed by atoms with Crippen molar-refractivity contribution >= 4 is 18.0 Å². The van der Waals surface area contributed by atoms with Gasteiger partial charge in [0.15, 0.2) is 18.1 Å². The van der Waals surface area contributed by atoms with Crippen molar-refractivity contribution in [2.45, 2.75) is 32.6 Å². The number of hydrogen-bond donors (Lipinski definition) is 2. The van der Waals surface area contributed by atoms with Gasteiger partial charge in [0.1, 0.15) is 23.1 Å². The highest BCUT2D eigenvalue weighted by Gasteiger charge is 2.22. The summed E-state index contributed by atoms with van der Waals surface area (Å²) in [5.74, 6) is 0.691. The molecule has 0 amide bonds. The van der Waals surface area contributed by atoms with E-state index < -0.39 is 18.5 Å². The van der Waals surface area contributed by atoms with Gasteiger partial charge in [-0.15, -0.1) is 0 Å². The number of aryl methyl sites for hydroxylation is 1. The zero-order chi connectivity index (χ0) is 27.9. The highest BCUT2D eigenvalue weighted by molar-refractivity contribution is 5.92. The lowest BCUT2D eigenvalue weighted by atomic mass is 10.0. The third-order valence-electron chi connectivity index (χ3n) is 6.13. The highest BCUT2D eigenvalue weighted by Crippen LogP contribution is 2.39. The summed E-state index contributed by atoms with van der Waals surface area (Å²) in [6.07, 6.45) is 5.56. The van der Waals surface area contributed by atoms with Gasteiger partial charge in [-0.25, -0.2) is 14.6 Å². The maximum atomic E-state index is 12.4. The van der Waals surface area contributed by atoms with Gasteiger partial charge >= 0.3 is 11.9 Å². The van der Waals surface area contributed by atoms with E-state index in [2.05, 4.69) is 11.9 Å². The molecule has 0 aliphatic carbocycles. The molecule has 0 saturated heterocycles. The topological polar surface area (TPSA) is 139 Å². The number of benzene rings is 2. The standard InChI is InChI=1S/C28H30N2O9/c1-4-5-6-26-29-14-19(30(26)21-8-7-20(35-2)12-23(21)37-15-27(31)32)10-18(28(33)34)9-17-11-24-25(39-16-38-24)13-22(17)36-3/h7-8,10-14H,4-6,9,15-16H2,1-3H3,(H,31,32)(H,33,34)/b18-10+. The number of methoxy groups -OCH3 is 2. The molecular weight excluding hydrogens is 508 g/mol. The van der Waals surface area contributed by atoms with E-state index in [1.807, 2.05) is 0 Å². The number of carboxylic acid groups (broad SMARTS) is 2. The summed E-state index contributed by atoms with van der Waals surface area (Å²) in [4.78, 5) is 28.2. The van der Waals surface area contributed by atoms with Crippen LogP contribution in [0.15, 0.2) is 42.1 Å². The lowest BCUT2D eigenvalue weighted by molar-refractivity contribution is -0.139. The summed E-state index contributed by atoms with van der Waals surface area (Å²) in [5, 5.41) is 19.3. The minimum atomic E-state index is -1.13. The average molecular weight is 539 g/mol. The number of carboxylic acids is 2. The molecule has 39 heavy (non-hydrogen) atoms. The van der Waals surface area contributed by atoms with E-state index in [9.17, 15) is 19.8 Å². The minimum absolute atomic E-state index is 0.0373. The molecule has 1 aromatic heterocycles. The Balaban J connectivity index is 1.81. The van der Waals surface area contributed by atoms with Gasteiger partial charge in [0.05, 0.1) is 31.8 Å². The van der Waals surface area contributed by atoms with Crippen molar-refractivity contribution in [3.05, 3.63) is 59.2 Å². The van der Waals surface area contributed by atoms with Crippen LogP contribution in [0.25, 0.3) is 11.8 Å². The molecule has 2 heterocycles. The molecule has 0 atom stereocenters. The first-order valence-electron chi connectivity index (χ1n) is 12.3. The average Bonchev–Trinajstić information content (AvgIpc) is 3.55. The van der Waals surface area contributed by atoms with Crippen LogP contribution in [0.2, 0.25) is 0 Å². The second kappa shape index (κ2) is 12.2. The predicted molar refractivity (Wildman–Crippen MR) is 140 cm³/mol. The van der Waals surface area contributed by atoms with E-state index in [4.69, 9.17) is 23.7 Å². The van der Waals surface area contributed by atoms with Crippen molar-refractivity contribution in [3.63, 3.8) is 0 Å². The second-order valence-electron chi connectivity index (χ2n) is 8.72. The molecule has 4 rings (SSSR count). The molecule has 0 unspecified atom stereocenters. The number of rotatable bonds is 13. The molecule has 11 nitrogen and oxygen atoms in total. The van der Waals surface area contributed by atoms with Crippen LogP contribution in [-0.4, -0.2) is 59.3 Å². The molecule has 3 aromatic rings. The summed E-state index contributed by atoms with van der Waals surface area (Å²) < 4.78 is 29.0. The zero-order valence-electron chi connectivity index (χ0n) is 21.9. The Bertz CT molecular complexity index is 1390. The smallest absolute Gasteiger partial charge is 0.341 e. The van der Waals surface area contributed by atoms with Crippen LogP contribution in [0.1, 0.15) is 36.8 Å². The number of fused-ring (bicyclic) bond motifs is 1. The maximum absolute atomic E-state index is 12.4. The van der Waals surface area contributed by atoms with Crippen LogP contribution >= 0.6 is 0 Å². The largest absolute Gasteiger partial charge is 0.497 e. The number of carbonyl (C=O) groups is 2. The first-order valence-corrected chi connectivity index (χ1v) is 12.3. The van der Waals surface area contributed by atoms with Crippen LogP contribution in [-0.2, 0) is 22.4 Å². The third-order valence-corrected chi connectivity index (χ3v) is 6.13. The number of ether oxygens (including phenoxy) is 5. The van der Waals surface area contributed by atoms with Gasteiger partial charge in [0.25, 0.3) is 0 Å². The zero-order valence-corrected chi connectivity index (χ0v) is 21.9. The van der Waals surface area contributed by atoms with Crippen LogP contribution in [0.5, 0.6) is 28.7 Å². The van der Waals surface area contributed by atoms with Crippen LogP contribution in [0.3, 0.4) is 0 Å². The molecule has 1 aliphatic heterocycles. The molecule has 0 fully saturated rings. The fraction of sp³-hybridized carbons (Fsp3) is 0.321. The number of unbranched alkanes of at least 4 members (excludes halogenated alkanes) is 1. The van der Waals surface area contributed by atoms with Crippen molar-refractivity contribution < 1.29 is 43.5 Å². The Hall–Kier alpha value is -4.67. The van der Waals surface area contributed by atoms with Gasteiger partial charge in [-0.2, -0.15) is 0 Å². The lowest BCUT2D eigenvalue weighted by Gasteiger charge is -2.17. The molecule has 206 valence electrons. The molecule has 0 radical (unpaired) electrons. The van der Waals surface area contributed by atoms with Gasteiger partial charge in [-0.1, -0.05) is 13.3 Å². The Kier molecular flexibility index (Phi) is 8.60. The second-order valence-corrected chi connectivity index (χ2v) is 8.72. The molecule has 0 bridgehead atoms. The molecular formula is C28H30N2O9. The monoisotopic (exact) mass is 538 g/mol. The van der Waals surface area contributed by atoms with Gasteiger partial charge < -0.3 is 33.9 Å². The van der Waals surface area contributed by atoms with Gasteiger partial charge in [-0.3, -0.25) is 4.57 Å². The Morgan fingerprint density at radius 3 is 2.51 bits per heavy atom. The van der Waals surface area contributed by atoms with E-state index in [0.717, 1.165) is 12.8 Å². The van der Waals surface area contributed by atoms with Crippen molar-refractivity contribution in [1.29, 1.82) is 0 Å². The number of aromatic nitrogens is 2. The van der Waals surface area contributed by atoms with Crippen LogP contribution < -0.4 is 23.7 Å². The van der Waals surface area contributed by atoms with E-state index in [1.54, 1.807) is 47.2 Å². The normalized spacial score (nSPS) is 12.3. The summed E-state index contributed by atoms with van der Waals surface area (Å²) in [7, 11) is 3.00. The summed E-state index contributed by atoms with van der Waals surface area (Å²) in [6.45, 7) is 1.58. The molecule has 2 N–H and O–H groups in total. The van der Waals surface area contributed by atoms with Crippen LogP contribution in [0.4, 0.5) is 0 Å². The van der Waals surface area contributed by atoms with Crippen molar-refractivity contribution in [2.24, 2.45) is 0 Å². The van der Waals surface area contributed by atoms with E-state index in [1.165, 1.54) is 14.2 Å². The number of hydrogen-bond acceptors (Lipinski definition) is 8. The predicted octanol–water partition coefficient (Wildman–Crippen LogP) is 4.13. The van der Waals surface area contributed by atoms with E-state index >= 15 is 0 Å². The maximum Gasteiger partial charge on any atom is 0.341 e. The minimum Gasteiger partial charge on any atom is -0.497 e. The Labute approximate surface area is 225 Å². The first kappa shape index (κ1) is 27.4. The summed E-state index contributed by atoms with van der Waals surface area (Å²) in [5.41, 5.74) is 1.69. The van der Waals surface area contributed by atoms with Gasteiger partial charge in [0, 0.05) is 36.1 Å². The lowest BCUT2D eigenvalue weighted by Crippen LogP contribution is -2.13. The van der Waals surface area contributed by atoms with Gasteiger partial charge in [-0.05, 0) is 30.7 Å². The highest BCUT2D eigenvalue weighted by atomic mass is 16.7. The molecule has 11 heteroatoms. The molecule has 1 aliphatic rings. The summed E-state index contributed by atoms with van der Waals surface area (Å²) >= 11 is 0. The fourth-order valence-electron chi connectivity index (χ4n) is 4.22. The number of imidazole rings is 1. The van der Waals surface area contributed by atoms with Crippen molar-refractivity contribution in [3.8, 4) is 34.4 Å². The number of nitrogens with zero attached hydrogens (tertiary/aromatic N) is 2. The number of aliphatic carboxylic acids is 2. The van der Waals surface area contributed by atoms with Crippen LogP contribution in [0, 0.1) is 0 Å². The quantitative estimate of drug-likeness (QED) is 0.305. The molecule has 0 saturated carbocycles. The molecule has 0 spiro atoms. The summed E-state index contributed by atoms with van der Waals surface area (Å²) in [6, 6.07) is 8.42.